The predicted molar refractivity (Wildman–Crippen MR) is 161 cm³/mol. The smallest absolute Gasteiger partial charge is 0.372 e. The third-order valence-corrected chi connectivity index (χ3v) is 7.94. The molecule has 1 aliphatic rings. The number of aromatic nitrogens is 3. The number of benzene rings is 2. The highest BCUT2D eigenvalue weighted by molar-refractivity contribution is 5.35. The summed E-state index contributed by atoms with van der Waals surface area (Å²) in [5.41, 5.74) is -2.83. The second kappa shape index (κ2) is 14.7. The minimum atomic E-state index is -4.97. The number of nitrogens with zero attached hydrogens (tertiary/aromatic N) is 2. The fourth-order valence-electron chi connectivity index (χ4n) is 5.30. The lowest BCUT2D eigenvalue weighted by Gasteiger charge is -2.42. The van der Waals surface area contributed by atoms with Crippen molar-refractivity contribution in [2.75, 3.05) is 13.2 Å². The lowest BCUT2D eigenvalue weighted by atomic mass is 9.81. The summed E-state index contributed by atoms with van der Waals surface area (Å²) in [6, 6.07) is 10.6. The third-order valence-electron chi connectivity index (χ3n) is 7.94. The van der Waals surface area contributed by atoms with Crippen LogP contribution in [-0.2, 0) is 35.0 Å². The highest BCUT2D eigenvalue weighted by Crippen LogP contribution is 2.39. The molecule has 0 bridgehead atoms. The molecule has 2 N–H and O–H groups in total. The van der Waals surface area contributed by atoms with E-state index >= 15 is 0 Å². The Morgan fingerprint density at radius 3 is 2.35 bits per heavy atom. The van der Waals surface area contributed by atoms with E-state index in [1.807, 2.05) is 43.3 Å². The van der Waals surface area contributed by atoms with Crippen LogP contribution in [0.15, 0.2) is 89.8 Å². The molecule has 0 aliphatic carbocycles. The van der Waals surface area contributed by atoms with Crippen molar-refractivity contribution in [3.8, 4) is 0 Å². The topological polar surface area (TPSA) is 81.2 Å². The molecule has 1 aromatic heterocycles. The minimum absolute atomic E-state index is 0.0889. The van der Waals surface area contributed by atoms with Gasteiger partial charge in [-0.1, -0.05) is 61.2 Å². The standard InChI is InChI=1S/C33H36F6N4O3/c1-4-5-7-10-22(2)31(21-46-23(3)25-15-26(32(34,35)36)17-27(16-25)33(37,38)39)14-13-28(18-40-31)43-29(41-42-30(43)44)20-45-19-24-11-8-6-9-12-24/h4-12,15-17,23,28,40H,2,13-14,18-21H2,1,3H3,(H,42,44)/b5-4-,10-7-/t23-,28+,31-/m1/s1. The van der Waals surface area contributed by atoms with E-state index in [-0.39, 0.29) is 37.4 Å². The lowest BCUT2D eigenvalue weighted by Crippen LogP contribution is -2.56. The van der Waals surface area contributed by atoms with E-state index in [2.05, 4.69) is 22.1 Å². The van der Waals surface area contributed by atoms with Gasteiger partial charge in [0.2, 0.25) is 0 Å². The Labute approximate surface area is 262 Å². The van der Waals surface area contributed by atoms with E-state index in [1.165, 1.54) is 11.5 Å². The molecule has 0 amide bonds. The number of halogens is 6. The summed E-state index contributed by atoms with van der Waals surface area (Å²) in [4.78, 5) is 12.8. The fourth-order valence-corrected chi connectivity index (χ4v) is 5.30. The average Bonchev–Trinajstić information content (AvgIpc) is 3.39. The number of alkyl halides is 6. The van der Waals surface area contributed by atoms with Crippen LogP contribution in [0.5, 0.6) is 0 Å². The van der Waals surface area contributed by atoms with Crippen LogP contribution in [0, 0.1) is 0 Å². The fraction of sp³-hybridized carbons (Fsp3) is 0.394. The van der Waals surface area contributed by atoms with E-state index in [9.17, 15) is 31.1 Å². The second-order valence-corrected chi connectivity index (χ2v) is 11.2. The molecule has 4 rings (SSSR count). The maximum atomic E-state index is 13.5. The molecule has 0 spiro atoms. The molecule has 1 fully saturated rings. The quantitative estimate of drug-likeness (QED) is 0.157. The molecular formula is C33H36F6N4O3. The number of piperidine rings is 1. The Bertz CT molecular complexity index is 1550. The van der Waals surface area contributed by atoms with Crippen molar-refractivity contribution >= 4 is 0 Å². The molecule has 0 unspecified atom stereocenters. The predicted octanol–water partition coefficient (Wildman–Crippen LogP) is 7.46. The summed E-state index contributed by atoms with van der Waals surface area (Å²) in [6.07, 6.45) is -3.06. The van der Waals surface area contributed by atoms with Crippen LogP contribution in [0.1, 0.15) is 66.9 Å². The van der Waals surface area contributed by atoms with Crippen molar-refractivity contribution < 1.29 is 35.8 Å². The number of allylic oxidation sites excluding steroid dienone is 3. The maximum absolute atomic E-state index is 13.5. The molecule has 46 heavy (non-hydrogen) atoms. The van der Waals surface area contributed by atoms with Crippen molar-refractivity contribution in [2.24, 2.45) is 0 Å². The van der Waals surface area contributed by atoms with Crippen LogP contribution in [0.3, 0.4) is 0 Å². The number of rotatable bonds is 12. The molecule has 248 valence electrons. The van der Waals surface area contributed by atoms with E-state index < -0.39 is 40.8 Å². The molecule has 7 nitrogen and oxygen atoms in total. The van der Waals surface area contributed by atoms with Gasteiger partial charge in [0.25, 0.3) is 0 Å². The molecular weight excluding hydrogens is 614 g/mol. The zero-order chi connectivity index (χ0) is 33.5. The van der Waals surface area contributed by atoms with E-state index in [4.69, 9.17) is 9.47 Å². The van der Waals surface area contributed by atoms with Crippen molar-refractivity contribution in [1.82, 2.24) is 20.1 Å². The molecule has 3 aromatic rings. The number of ether oxygens (including phenoxy) is 2. The maximum Gasteiger partial charge on any atom is 0.416 e. The van der Waals surface area contributed by atoms with E-state index in [1.54, 1.807) is 18.2 Å². The van der Waals surface area contributed by atoms with Crippen LogP contribution < -0.4 is 11.0 Å². The van der Waals surface area contributed by atoms with Crippen LogP contribution >= 0.6 is 0 Å². The second-order valence-electron chi connectivity index (χ2n) is 11.2. The molecule has 1 aliphatic heterocycles. The Balaban J connectivity index is 1.51. The van der Waals surface area contributed by atoms with Crippen LogP contribution in [-0.4, -0.2) is 33.5 Å². The Morgan fingerprint density at radius 1 is 1.09 bits per heavy atom. The summed E-state index contributed by atoms with van der Waals surface area (Å²) in [5.74, 6) is 0.418. The third kappa shape index (κ3) is 8.65. The van der Waals surface area contributed by atoms with Gasteiger partial charge in [0.15, 0.2) is 5.82 Å². The van der Waals surface area contributed by atoms with Crippen molar-refractivity contribution in [3.63, 3.8) is 0 Å². The van der Waals surface area contributed by atoms with Gasteiger partial charge in [-0.15, -0.1) is 0 Å². The van der Waals surface area contributed by atoms with Gasteiger partial charge >= 0.3 is 18.0 Å². The number of aromatic amines is 1. The highest BCUT2D eigenvalue weighted by atomic mass is 19.4. The molecule has 13 heteroatoms. The first-order valence-corrected chi connectivity index (χ1v) is 14.7. The van der Waals surface area contributed by atoms with Crippen LogP contribution in [0.2, 0.25) is 0 Å². The number of hydrogen-bond acceptors (Lipinski definition) is 5. The van der Waals surface area contributed by atoms with E-state index in [0.717, 1.165) is 5.56 Å². The molecule has 2 aromatic carbocycles. The van der Waals surface area contributed by atoms with Gasteiger partial charge < -0.3 is 14.8 Å². The number of nitrogens with one attached hydrogen (secondary N) is 2. The average molecular weight is 651 g/mol. The van der Waals surface area contributed by atoms with Gasteiger partial charge in [-0.2, -0.15) is 31.4 Å². The summed E-state index contributed by atoms with van der Waals surface area (Å²) in [5, 5.41) is 10.0. The number of H-pyrrole nitrogens is 1. The van der Waals surface area contributed by atoms with E-state index in [0.29, 0.717) is 43.0 Å². The van der Waals surface area contributed by atoms with Crippen molar-refractivity contribution in [2.45, 2.75) is 69.9 Å². The summed E-state index contributed by atoms with van der Waals surface area (Å²) >= 11 is 0. The monoisotopic (exact) mass is 650 g/mol. The van der Waals surface area contributed by atoms with Gasteiger partial charge in [0, 0.05) is 6.54 Å². The minimum Gasteiger partial charge on any atom is -0.372 e. The summed E-state index contributed by atoms with van der Waals surface area (Å²) in [7, 11) is 0. The highest BCUT2D eigenvalue weighted by Gasteiger charge is 2.40. The van der Waals surface area contributed by atoms with Gasteiger partial charge in [-0.05, 0) is 61.6 Å². The first kappa shape index (κ1) is 34.9. The van der Waals surface area contributed by atoms with Crippen LogP contribution in [0.25, 0.3) is 0 Å². The van der Waals surface area contributed by atoms with Crippen molar-refractivity contribution in [1.29, 1.82) is 0 Å². The van der Waals surface area contributed by atoms with Crippen molar-refractivity contribution in [3.05, 3.63) is 124 Å². The Hall–Kier alpha value is -3.94. The summed E-state index contributed by atoms with van der Waals surface area (Å²) < 4.78 is 94.1. The largest absolute Gasteiger partial charge is 0.416 e. The first-order valence-electron chi connectivity index (χ1n) is 14.7. The lowest BCUT2D eigenvalue weighted by molar-refractivity contribution is -0.143. The molecule has 1 saturated heterocycles. The summed E-state index contributed by atoms with van der Waals surface area (Å²) in [6.45, 7) is 8.02. The van der Waals surface area contributed by atoms with Crippen LogP contribution in [0.4, 0.5) is 26.3 Å². The molecule has 0 saturated carbocycles. The Kier molecular flexibility index (Phi) is 11.1. The SMILES string of the molecule is C=C(/C=C\C=C/C)[C@]1(CO[C@H](C)c2cc(C(F)(F)F)cc(C(F)(F)F)c2)CC[C@H](n2c(COCc3ccccc3)n[nH]c2=O)CN1. The van der Waals surface area contributed by atoms with Gasteiger partial charge in [0.1, 0.15) is 6.61 Å². The first-order chi connectivity index (χ1) is 21.7. The number of hydrogen-bond donors (Lipinski definition) is 2. The Morgan fingerprint density at radius 2 is 1.76 bits per heavy atom. The van der Waals surface area contributed by atoms with Gasteiger partial charge in [-0.25, -0.2) is 9.89 Å². The van der Waals surface area contributed by atoms with Gasteiger partial charge in [0.05, 0.1) is 42.0 Å². The normalized spacial score (nSPS) is 20.0. The zero-order valence-corrected chi connectivity index (χ0v) is 25.4. The molecule has 2 heterocycles. The molecule has 3 atom stereocenters. The molecule has 0 radical (unpaired) electrons. The zero-order valence-electron chi connectivity index (χ0n) is 25.4. The van der Waals surface area contributed by atoms with Gasteiger partial charge in [-0.3, -0.25) is 4.57 Å².